The highest BCUT2D eigenvalue weighted by molar-refractivity contribution is 5.78. The lowest BCUT2D eigenvalue weighted by molar-refractivity contribution is -0.126. The zero-order valence-electron chi connectivity index (χ0n) is 15.3. The van der Waals surface area contributed by atoms with Crippen LogP contribution in [0.15, 0.2) is 24.3 Å². The summed E-state index contributed by atoms with van der Waals surface area (Å²) in [7, 11) is 1.66. The van der Waals surface area contributed by atoms with Gasteiger partial charge in [-0.2, -0.15) is 0 Å². The van der Waals surface area contributed by atoms with Crippen LogP contribution >= 0.6 is 0 Å². The number of methoxy groups -OCH3 is 1. The van der Waals surface area contributed by atoms with Crippen molar-refractivity contribution in [3.05, 3.63) is 29.8 Å². The van der Waals surface area contributed by atoms with E-state index in [0.717, 1.165) is 49.7 Å². The van der Waals surface area contributed by atoms with Crippen LogP contribution in [0.2, 0.25) is 0 Å². The molecule has 1 aromatic rings. The predicted octanol–water partition coefficient (Wildman–Crippen LogP) is 2.02. The molecule has 1 atom stereocenters. The summed E-state index contributed by atoms with van der Waals surface area (Å²) in [6.07, 6.45) is 4.60. The highest BCUT2D eigenvalue weighted by atomic mass is 16.5. The molecule has 0 saturated carbocycles. The molecule has 0 aliphatic carbocycles. The molecule has 1 unspecified atom stereocenters. The number of nitrogens with one attached hydrogen (secondary N) is 2. The lowest BCUT2D eigenvalue weighted by Crippen LogP contribution is -2.44. The molecule has 0 bridgehead atoms. The minimum Gasteiger partial charge on any atom is -0.497 e. The Kier molecular flexibility index (Phi) is 6.70. The molecule has 2 saturated heterocycles. The number of benzene rings is 1. The van der Waals surface area contributed by atoms with Crippen molar-refractivity contribution in [3.63, 3.8) is 0 Å². The Bertz CT molecular complexity index is 532. The fourth-order valence-electron chi connectivity index (χ4n) is 3.90. The van der Waals surface area contributed by atoms with Crippen LogP contribution in [0, 0.1) is 11.8 Å². The molecule has 5 nitrogen and oxygen atoms in total. The molecule has 5 heteroatoms. The Balaban J connectivity index is 1.37. The Morgan fingerprint density at radius 1 is 1.24 bits per heavy atom. The second kappa shape index (κ2) is 9.20. The molecule has 1 amide bonds. The molecular formula is C20H31N3O2. The van der Waals surface area contributed by atoms with Crippen molar-refractivity contribution in [1.82, 2.24) is 15.5 Å². The van der Waals surface area contributed by atoms with Crippen molar-refractivity contribution in [1.29, 1.82) is 0 Å². The van der Waals surface area contributed by atoms with Crippen LogP contribution in [0.4, 0.5) is 0 Å². The molecule has 2 aliphatic rings. The van der Waals surface area contributed by atoms with E-state index in [2.05, 4.69) is 15.5 Å². The van der Waals surface area contributed by atoms with Gasteiger partial charge in [0.2, 0.25) is 5.91 Å². The topological polar surface area (TPSA) is 53.6 Å². The summed E-state index contributed by atoms with van der Waals surface area (Å²) >= 11 is 0. The van der Waals surface area contributed by atoms with E-state index in [4.69, 9.17) is 4.74 Å². The standard InChI is InChI=1S/C20H31N3O2/c1-25-19-6-4-16(5-7-19)14-22-20(24)18-8-11-23(12-9-18)15-17-3-2-10-21-13-17/h4-7,17-18,21H,2-3,8-15H2,1H3,(H,22,24). The van der Waals surface area contributed by atoms with E-state index in [0.29, 0.717) is 6.54 Å². The normalized spacial score (nSPS) is 22.5. The van der Waals surface area contributed by atoms with E-state index in [-0.39, 0.29) is 11.8 Å². The summed E-state index contributed by atoms with van der Waals surface area (Å²) in [6, 6.07) is 7.86. The van der Waals surface area contributed by atoms with Gasteiger partial charge in [-0.1, -0.05) is 12.1 Å². The Morgan fingerprint density at radius 3 is 2.64 bits per heavy atom. The number of likely N-dealkylation sites (tertiary alicyclic amines) is 1. The van der Waals surface area contributed by atoms with Crippen LogP contribution in [-0.2, 0) is 11.3 Å². The second-order valence-electron chi connectivity index (χ2n) is 7.35. The average molecular weight is 345 g/mol. The Morgan fingerprint density at radius 2 is 2.00 bits per heavy atom. The third kappa shape index (κ3) is 5.44. The third-order valence-corrected chi connectivity index (χ3v) is 5.50. The number of piperidine rings is 2. The van der Waals surface area contributed by atoms with Gasteiger partial charge >= 0.3 is 0 Å². The molecule has 138 valence electrons. The molecule has 0 radical (unpaired) electrons. The summed E-state index contributed by atoms with van der Waals surface area (Å²) in [5.41, 5.74) is 1.11. The van der Waals surface area contributed by atoms with Crippen molar-refractivity contribution < 1.29 is 9.53 Å². The summed E-state index contributed by atoms with van der Waals surface area (Å²) in [6.45, 7) is 6.22. The lowest BCUT2D eigenvalue weighted by atomic mass is 9.93. The Hall–Kier alpha value is -1.59. The van der Waals surface area contributed by atoms with E-state index in [1.807, 2.05) is 24.3 Å². The van der Waals surface area contributed by atoms with E-state index in [1.54, 1.807) is 7.11 Å². The zero-order chi connectivity index (χ0) is 17.5. The molecule has 0 spiro atoms. The molecule has 1 aromatic carbocycles. The van der Waals surface area contributed by atoms with Crippen molar-refractivity contribution >= 4 is 5.91 Å². The van der Waals surface area contributed by atoms with Gasteiger partial charge in [-0.3, -0.25) is 4.79 Å². The maximum atomic E-state index is 12.4. The van der Waals surface area contributed by atoms with Crippen LogP contribution in [-0.4, -0.2) is 50.6 Å². The van der Waals surface area contributed by atoms with Gasteiger partial charge in [0, 0.05) is 19.0 Å². The highest BCUT2D eigenvalue weighted by Gasteiger charge is 2.26. The van der Waals surface area contributed by atoms with Crippen molar-refractivity contribution in [2.75, 3.05) is 39.8 Å². The zero-order valence-corrected chi connectivity index (χ0v) is 15.3. The minimum absolute atomic E-state index is 0.166. The quantitative estimate of drug-likeness (QED) is 0.828. The number of carbonyl (C=O) groups excluding carboxylic acids is 1. The fourth-order valence-corrected chi connectivity index (χ4v) is 3.90. The number of carbonyl (C=O) groups is 1. The van der Waals surface area contributed by atoms with Gasteiger partial charge < -0.3 is 20.3 Å². The lowest BCUT2D eigenvalue weighted by Gasteiger charge is -2.35. The largest absolute Gasteiger partial charge is 0.497 e. The molecule has 2 N–H and O–H groups in total. The molecule has 3 rings (SSSR count). The molecule has 2 aliphatic heterocycles. The van der Waals surface area contributed by atoms with Crippen molar-refractivity contribution in [3.8, 4) is 5.75 Å². The smallest absolute Gasteiger partial charge is 0.223 e. The number of rotatable bonds is 6. The molecule has 0 aromatic heterocycles. The van der Waals surface area contributed by atoms with Gasteiger partial charge in [-0.05, 0) is 75.5 Å². The number of nitrogens with zero attached hydrogens (tertiary/aromatic N) is 1. The molecular weight excluding hydrogens is 314 g/mol. The van der Waals surface area contributed by atoms with E-state index in [1.165, 1.54) is 25.9 Å². The van der Waals surface area contributed by atoms with Crippen LogP contribution < -0.4 is 15.4 Å². The molecule has 2 heterocycles. The first-order chi connectivity index (χ1) is 12.2. The van der Waals surface area contributed by atoms with Gasteiger partial charge in [0.15, 0.2) is 0 Å². The van der Waals surface area contributed by atoms with Gasteiger partial charge in [-0.25, -0.2) is 0 Å². The maximum Gasteiger partial charge on any atom is 0.223 e. The molecule has 25 heavy (non-hydrogen) atoms. The second-order valence-corrected chi connectivity index (χ2v) is 7.35. The third-order valence-electron chi connectivity index (χ3n) is 5.50. The fraction of sp³-hybridized carbons (Fsp3) is 0.650. The first-order valence-corrected chi connectivity index (χ1v) is 9.58. The summed E-state index contributed by atoms with van der Waals surface area (Å²) in [5, 5.41) is 6.59. The Labute approximate surface area is 151 Å². The number of hydrogen-bond acceptors (Lipinski definition) is 4. The van der Waals surface area contributed by atoms with Gasteiger partial charge in [0.1, 0.15) is 5.75 Å². The highest BCUT2D eigenvalue weighted by Crippen LogP contribution is 2.20. The number of ether oxygens (including phenoxy) is 1. The van der Waals surface area contributed by atoms with Crippen LogP contribution in [0.5, 0.6) is 5.75 Å². The number of amides is 1. The van der Waals surface area contributed by atoms with E-state index >= 15 is 0 Å². The summed E-state index contributed by atoms with van der Waals surface area (Å²) < 4.78 is 5.16. The predicted molar refractivity (Wildman–Crippen MR) is 99.6 cm³/mol. The van der Waals surface area contributed by atoms with Crippen LogP contribution in [0.3, 0.4) is 0 Å². The van der Waals surface area contributed by atoms with E-state index < -0.39 is 0 Å². The summed E-state index contributed by atoms with van der Waals surface area (Å²) in [4.78, 5) is 15.0. The van der Waals surface area contributed by atoms with Crippen LogP contribution in [0.1, 0.15) is 31.2 Å². The van der Waals surface area contributed by atoms with Gasteiger partial charge in [-0.15, -0.1) is 0 Å². The van der Waals surface area contributed by atoms with Crippen LogP contribution in [0.25, 0.3) is 0 Å². The monoisotopic (exact) mass is 345 g/mol. The minimum atomic E-state index is 0.166. The van der Waals surface area contributed by atoms with Crippen molar-refractivity contribution in [2.24, 2.45) is 11.8 Å². The van der Waals surface area contributed by atoms with Crippen molar-refractivity contribution in [2.45, 2.75) is 32.2 Å². The maximum absolute atomic E-state index is 12.4. The SMILES string of the molecule is COc1ccc(CNC(=O)C2CCN(CC3CCCNC3)CC2)cc1. The molecule has 2 fully saturated rings. The first-order valence-electron chi connectivity index (χ1n) is 9.58. The first kappa shape index (κ1) is 18.2. The number of hydrogen-bond donors (Lipinski definition) is 2. The van der Waals surface area contributed by atoms with Gasteiger partial charge in [0.05, 0.1) is 7.11 Å². The van der Waals surface area contributed by atoms with E-state index in [9.17, 15) is 4.79 Å². The average Bonchev–Trinajstić information content (AvgIpc) is 2.68. The summed E-state index contributed by atoms with van der Waals surface area (Å²) in [5.74, 6) is 2.00. The van der Waals surface area contributed by atoms with Gasteiger partial charge in [0.25, 0.3) is 0 Å².